The first-order valence-corrected chi connectivity index (χ1v) is 11.6. The molecule has 0 aliphatic carbocycles. The van der Waals surface area contributed by atoms with Crippen molar-refractivity contribution in [1.29, 1.82) is 0 Å². The molecule has 15 heteroatoms. The number of halogens is 6. The molecule has 1 amide bonds. The van der Waals surface area contributed by atoms with Crippen LogP contribution in [-0.2, 0) is 31.2 Å². The number of benzene rings is 2. The Morgan fingerprint density at radius 3 is 2.03 bits per heavy atom. The van der Waals surface area contributed by atoms with E-state index in [0.717, 1.165) is 30.3 Å². The van der Waals surface area contributed by atoms with Crippen LogP contribution in [0.1, 0.15) is 12.5 Å². The first-order chi connectivity index (χ1) is 14.9. The second-order valence-corrected chi connectivity index (χ2v) is 10.2. The molecule has 0 aromatic heterocycles. The molecule has 0 fully saturated rings. The summed E-state index contributed by atoms with van der Waals surface area (Å²) in [5, 5.41) is 1.75. The molecule has 0 radical (unpaired) electrons. The summed E-state index contributed by atoms with van der Waals surface area (Å²) in [6.07, 6.45) is -5.11. The fraction of sp³-hybridized carbons (Fsp3) is 0.278. The van der Waals surface area contributed by atoms with Crippen LogP contribution in [0.2, 0.25) is 0 Å². The molecule has 2 rings (SSSR count). The summed E-state index contributed by atoms with van der Waals surface area (Å²) in [6, 6.07) is 7.23. The third-order valence-electron chi connectivity index (χ3n) is 4.02. The topological polar surface area (TPSA) is 107 Å². The number of sulfone groups is 1. The van der Waals surface area contributed by atoms with Gasteiger partial charge < -0.3 is 9.50 Å². The van der Waals surface area contributed by atoms with Gasteiger partial charge in [0.05, 0.1) is 9.79 Å². The van der Waals surface area contributed by atoms with E-state index in [9.17, 15) is 48.0 Å². The van der Waals surface area contributed by atoms with Crippen LogP contribution < -0.4 is 9.50 Å². The van der Waals surface area contributed by atoms with Gasteiger partial charge >= 0.3 is 27.7 Å². The quantitative estimate of drug-likeness (QED) is 0.342. The van der Waals surface area contributed by atoms with Crippen molar-refractivity contribution in [3.63, 3.8) is 0 Å². The SMILES string of the molecule is C[C@H](Cc1ccc(S(=O)(=O)c2cccc(OS(=O)(=O)C(F)(F)F)c2)cc1)NC(=O)C(F)(F)F. The first kappa shape index (κ1) is 26.4. The molecular formula is C18H15F6NO6S2. The van der Waals surface area contributed by atoms with Crippen molar-refractivity contribution >= 4 is 25.9 Å². The van der Waals surface area contributed by atoms with Crippen molar-refractivity contribution in [2.45, 2.75) is 40.9 Å². The molecule has 0 bridgehead atoms. The minimum Gasteiger partial charge on any atom is -0.376 e. The molecule has 0 unspecified atom stereocenters. The number of hydrogen-bond acceptors (Lipinski definition) is 6. The lowest BCUT2D eigenvalue weighted by Gasteiger charge is -2.15. The molecule has 0 aliphatic heterocycles. The van der Waals surface area contributed by atoms with Gasteiger partial charge in [0.1, 0.15) is 5.75 Å². The largest absolute Gasteiger partial charge is 0.534 e. The average Bonchev–Trinajstić information content (AvgIpc) is 2.66. The van der Waals surface area contributed by atoms with Crippen molar-refractivity contribution in [2.75, 3.05) is 0 Å². The molecule has 182 valence electrons. The Bertz CT molecular complexity index is 1220. The number of hydrogen-bond donors (Lipinski definition) is 1. The fourth-order valence-corrected chi connectivity index (χ4v) is 4.27. The van der Waals surface area contributed by atoms with E-state index in [1.807, 2.05) is 0 Å². The molecule has 0 saturated carbocycles. The number of alkyl halides is 6. The molecule has 1 N–H and O–H groups in total. The average molecular weight is 519 g/mol. The van der Waals surface area contributed by atoms with Crippen LogP contribution in [0.3, 0.4) is 0 Å². The molecule has 7 nitrogen and oxygen atoms in total. The summed E-state index contributed by atoms with van der Waals surface area (Å²) < 4.78 is 126. The van der Waals surface area contributed by atoms with Gasteiger partial charge in [-0.1, -0.05) is 18.2 Å². The zero-order valence-corrected chi connectivity index (χ0v) is 18.1. The lowest BCUT2D eigenvalue weighted by molar-refractivity contribution is -0.174. The maximum atomic E-state index is 12.7. The van der Waals surface area contributed by atoms with Crippen molar-refractivity contribution < 1.29 is 52.2 Å². The Labute approximate surface area is 184 Å². The van der Waals surface area contributed by atoms with Crippen molar-refractivity contribution in [3.8, 4) is 5.75 Å². The van der Waals surface area contributed by atoms with Crippen molar-refractivity contribution in [1.82, 2.24) is 5.32 Å². The van der Waals surface area contributed by atoms with E-state index in [2.05, 4.69) is 4.18 Å². The minimum absolute atomic E-state index is 0.0548. The van der Waals surface area contributed by atoms with Crippen LogP contribution in [-0.4, -0.2) is 40.5 Å². The molecule has 0 aliphatic rings. The lowest BCUT2D eigenvalue weighted by Crippen LogP contribution is -2.42. The third-order valence-corrected chi connectivity index (χ3v) is 6.76. The van der Waals surface area contributed by atoms with E-state index < -0.39 is 54.2 Å². The Kier molecular flexibility index (Phi) is 7.38. The van der Waals surface area contributed by atoms with Gasteiger partial charge in [0.2, 0.25) is 9.84 Å². The van der Waals surface area contributed by atoms with Gasteiger partial charge in [-0.15, -0.1) is 0 Å². The number of carbonyl (C=O) groups is 1. The Balaban J connectivity index is 2.20. The van der Waals surface area contributed by atoms with Crippen molar-refractivity contribution in [3.05, 3.63) is 54.1 Å². The van der Waals surface area contributed by atoms with Gasteiger partial charge in [-0.05, 0) is 43.2 Å². The summed E-state index contributed by atoms with van der Waals surface area (Å²) >= 11 is 0. The molecular weight excluding hydrogens is 504 g/mol. The van der Waals surface area contributed by atoms with Gasteiger partial charge in [0.25, 0.3) is 0 Å². The van der Waals surface area contributed by atoms with Crippen LogP contribution in [0, 0.1) is 0 Å². The monoisotopic (exact) mass is 519 g/mol. The van der Waals surface area contributed by atoms with E-state index in [0.29, 0.717) is 11.6 Å². The highest BCUT2D eigenvalue weighted by molar-refractivity contribution is 7.91. The van der Waals surface area contributed by atoms with Gasteiger partial charge in [-0.2, -0.15) is 34.8 Å². The van der Waals surface area contributed by atoms with Crippen LogP contribution >= 0.6 is 0 Å². The Morgan fingerprint density at radius 1 is 0.939 bits per heavy atom. The highest BCUT2D eigenvalue weighted by Gasteiger charge is 2.48. The zero-order chi connectivity index (χ0) is 25.2. The summed E-state index contributed by atoms with van der Waals surface area (Å²) in [5.74, 6) is -3.00. The number of nitrogens with one attached hydrogen (secondary N) is 1. The molecule has 0 heterocycles. The van der Waals surface area contributed by atoms with Gasteiger partial charge in [0.15, 0.2) is 0 Å². The summed E-state index contributed by atoms with van der Waals surface area (Å²) in [4.78, 5) is 10.1. The molecule has 33 heavy (non-hydrogen) atoms. The number of carbonyl (C=O) groups excluding carboxylic acids is 1. The summed E-state index contributed by atoms with van der Waals surface area (Å²) in [6.45, 7) is 1.31. The standard InChI is InChI=1S/C18H15F6NO6S2/c1-11(25-16(26)17(19,20)21)9-12-5-7-14(8-6-12)32(27,28)15-4-2-3-13(10-15)31-33(29,30)18(22,23)24/h2-8,10-11H,9H2,1H3,(H,25,26)/t11-/m1/s1. The zero-order valence-electron chi connectivity index (χ0n) is 16.4. The van der Waals surface area contributed by atoms with Gasteiger partial charge in [0, 0.05) is 12.1 Å². The predicted octanol–water partition coefficient (Wildman–Crippen LogP) is 3.36. The highest BCUT2D eigenvalue weighted by Crippen LogP contribution is 2.29. The second kappa shape index (κ2) is 9.21. The van der Waals surface area contributed by atoms with E-state index in [1.54, 1.807) is 5.32 Å². The Hall–Kier alpha value is -2.81. The highest BCUT2D eigenvalue weighted by atomic mass is 32.2. The molecule has 2 aromatic carbocycles. The molecule has 2 aromatic rings. The van der Waals surface area contributed by atoms with Crippen LogP contribution in [0.15, 0.2) is 58.3 Å². The molecule has 1 atom stereocenters. The Morgan fingerprint density at radius 2 is 1.52 bits per heavy atom. The maximum Gasteiger partial charge on any atom is 0.534 e. The van der Waals surface area contributed by atoms with E-state index in [4.69, 9.17) is 0 Å². The van der Waals surface area contributed by atoms with Crippen LogP contribution in [0.4, 0.5) is 26.3 Å². The van der Waals surface area contributed by atoms with Crippen LogP contribution in [0.5, 0.6) is 5.75 Å². The minimum atomic E-state index is -6.01. The van der Waals surface area contributed by atoms with Crippen molar-refractivity contribution in [2.24, 2.45) is 0 Å². The normalized spacial score (nSPS) is 13.9. The van der Waals surface area contributed by atoms with Gasteiger partial charge in [-0.25, -0.2) is 8.42 Å². The molecule has 0 spiro atoms. The second-order valence-electron chi connectivity index (χ2n) is 6.68. The predicted molar refractivity (Wildman–Crippen MR) is 101 cm³/mol. The third kappa shape index (κ3) is 6.60. The fourth-order valence-electron chi connectivity index (χ4n) is 2.52. The van der Waals surface area contributed by atoms with Gasteiger partial charge in [-0.3, -0.25) is 4.79 Å². The smallest absolute Gasteiger partial charge is 0.376 e. The summed E-state index contributed by atoms with van der Waals surface area (Å²) in [7, 11) is -10.3. The first-order valence-electron chi connectivity index (χ1n) is 8.76. The number of amides is 1. The molecule has 0 saturated heterocycles. The lowest BCUT2D eigenvalue weighted by atomic mass is 10.1. The van der Waals surface area contributed by atoms with E-state index >= 15 is 0 Å². The number of rotatable bonds is 7. The van der Waals surface area contributed by atoms with E-state index in [1.165, 1.54) is 19.1 Å². The van der Waals surface area contributed by atoms with E-state index in [-0.39, 0.29) is 11.3 Å². The maximum absolute atomic E-state index is 12.7. The van der Waals surface area contributed by atoms with Crippen LogP contribution in [0.25, 0.3) is 0 Å². The summed E-state index contributed by atoms with van der Waals surface area (Å²) in [5.41, 5.74) is -5.33.